The molecular formula is C15H13IN2O4. The molecule has 2 rings (SSSR count). The lowest BCUT2D eigenvalue weighted by Crippen LogP contribution is -2.20. The van der Waals surface area contributed by atoms with E-state index in [1.807, 2.05) is 12.1 Å². The van der Waals surface area contributed by atoms with Crippen molar-refractivity contribution in [3.63, 3.8) is 0 Å². The van der Waals surface area contributed by atoms with Gasteiger partial charge in [0, 0.05) is 9.64 Å². The van der Waals surface area contributed by atoms with E-state index in [1.54, 1.807) is 25.1 Å². The van der Waals surface area contributed by atoms with Crippen LogP contribution in [0.1, 0.15) is 5.56 Å². The summed E-state index contributed by atoms with van der Waals surface area (Å²) in [4.78, 5) is 22.3. The lowest BCUT2D eigenvalue weighted by molar-refractivity contribution is -0.385. The van der Waals surface area contributed by atoms with Crippen molar-refractivity contribution < 1.29 is 14.5 Å². The average molecular weight is 412 g/mol. The van der Waals surface area contributed by atoms with Gasteiger partial charge in [0.15, 0.2) is 6.61 Å². The van der Waals surface area contributed by atoms with E-state index in [9.17, 15) is 14.9 Å². The van der Waals surface area contributed by atoms with Gasteiger partial charge in [-0.3, -0.25) is 14.9 Å². The predicted molar refractivity (Wildman–Crippen MR) is 91.1 cm³/mol. The van der Waals surface area contributed by atoms with Crippen molar-refractivity contribution in [1.82, 2.24) is 0 Å². The molecule has 2 aromatic rings. The van der Waals surface area contributed by atoms with Crippen LogP contribution in [0.15, 0.2) is 42.5 Å². The van der Waals surface area contributed by atoms with Gasteiger partial charge in [0.25, 0.3) is 11.6 Å². The van der Waals surface area contributed by atoms with Crippen LogP contribution in [-0.4, -0.2) is 17.4 Å². The van der Waals surface area contributed by atoms with E-state index in [0.29, 0.717) is 17.0 Å². The van der Waals surface area contributed by atoms with Crippen molar-refractivity contribution in [2.24, 2.45) is 0 Å². The van der Waals surface area contributed by atoms with Gasteiger partial charge in [0.1, 0.15) is 5.75 Å². The first-order valence-electron chi connectivity index (χ1n) is 6.39. The Balaban J connectivity index is 1.99. The molecule has 6 nitrogen and oxygen atoms in total. The molecule has 0 aromatic heterocycles. The molecule has 0 unspecified atom stereocenters. The molecule has 1 N–H and O–H groups in total. The number of hydrogen-bond acceptors (Lipinski definition) is 4. The third kappa shape index (κ3) is 4.17. The monoisotopic (exact) mass is 412 g/mol. The van der Waals surface area contributed by atoms with Crippen molar-refractivity contribution in [3.05, 3.63) is 61.7 Å². The lowest BCUT2D eigenvalue weighted by Gasteiger charge is -2.09. The molecule has 22 heavy (non-hydrogen) atoms. The topological polar surface area (TPSA) is 81.5 Å². The highest BCUT2D eigenvalue weighted by Gasteiger charge is 2.14. The highest BCUT2D eigenvalue weighted by atomic mass is 127. The number of carbonyl (C=O) groups excluding carboxylic acids is 1. The van der Waals surface area contributed by atoms with Gasteiger partial charge in [-0.15, -0.1) is 0 Å². The number of anilines is 1. The Hall–Kier alpha value is -2.16. The number of amides is 1. The van der Waals surface area contributed by atoms with E-state index >= 15 is 0 Å². The van der Waals surface area contributed by atoms with Gasteiger partial charge in [-0.25, -0.2) is 0 Å². The summed E-state index contributed by atoms with van der Waals surface area (Å²) in [6.07, 6.45) is 0. The number of carbonyl (C=O) groups is 1. The average Bonchev–Trinajstić information content (AvgIpc) is 2.48. The number of nitrogens with one attached hydrogen (secondary N) is 1. The van der Waals surface area contributed by atoms with Crippen LogP contribution in [0.25, 0.3) is 0 Å². The fraction of sp³-hybridized carbons (Fsp3) is 0.133. The molecule has 0 atom stereocenters. The summed E-state index contributed by atoms with van der Waals surface area (Å²) in [7, 11) is 0. The highest BCUT2D eigenvalue weighted by Crippen LogP contribution is 2.25. The fourth-order valence-electron chi connectivity index (χ4n) is 1.82. The lowest BCUT2D eigenvalue weighted by atomic mass is 10.1. The second kappa shape index (κ2) is 7.21. The van der Waals surface area contributed by atoms with E-state index < -0.39 is 4.92 Å². The number of ether oxygens (including phenoxy) is 1. The first-order chi connectivity index (χ1) is 10.5. The molecule has 0 spiro atoms. The second-order valence-electron chi connectivity index (χ2n) is 4.50. The molecule has 7 heteroatoms. The third-order valence-electron chi connectivity index (χ3n) is 2.96. The van der Waals surface area contributed by atoms with E-state index in [4.69, 9.17) is 4.74 Å². The van der Waals surface area contributed by atoms with Gasteiger partial charge >= 0.3 is 0 Å². The number of rotatable bonds is 5. The van der Waals surface area contributed by atoms with Gasteiger partial charge in [-0.05, 0) is 59.8 Å². The van der Waals surface area contributed by atoms with Crippen molar-refractivity contribution in [2.75, 3.05) is 11.9 Å². The Morgan fingerprint density at radius 1 is 1.27 bits per heavy atom. The number of hydrogen-bond donors (Lipinski definition) is 1. The Bertz CT molecular complexity index is 701. The zero-order chi connectivity index (χ0) is 16.1. The van der Waals surface area contributed by atoms with Crippen LogP contribution in [-0.2, 0) is 4.79 Å². The van der Waals surface area contributed by atoms with Crippen molar-refractivity contribution in [2.45, 2.75) is 6.92 Å². The Morgan fingerprint density at radius 3 is 2.59 bits per heavy atom. The minimum absolute atomic E-state index is 0.0312. The first kappa shape index (κ1) is 16.2. The summed E-state index contributed by atoms with van der Waals surface area (Å²) in [5, 5.41) is 13.5. The number of benzene rings is 2. The van der Waals surface area contributed by atoms with Crippen LogP contribution in [0.5, 0.6) is 5.75 Å². The Labute approximate surface area is 140 Å². The molecule has 0 aliphatic heterocycles. The molecule has 0 radical (unpaired) electrons. The predicted octanol–water partition coefficient (Wildman–Crippen LogP) is 3.53. The van der Waals surface area contributed by atoms with Gasteiger partial charge < -0.3 is 10.1 Å². The molecule has 0 aliphatic carbocycles. The van der Waals surface area contributed by atoms with Crippen LogP contribution in [0, 0.1) is 20.6 Å². The summed E-state index contributed by atoms with van der Waals surface area (Å²) in [5.41, 5.74) is 0.789. The molecule has 0 fully saturated rings. The molecule has 0 saturated heterocycles. The van der Waals surface area contributed by atoms with Gasteiger partial charge in [-0.2, -0.15) is 0 Å². The maximum atomic E-state index is 11.9. The summed E-state index contributed by atoms with van der Waals surface area (Å²) in [5.74, 6) is 0.216. The molecule has 2 aromatic carbocycles. The highest BCUT2D eigenvalue weighted by molar-refractivity contribution is 14.1. The van der Waals surface area contributed by atoms with Crippen molar-refractivity contribution in [3.8, 4) is 5.75 Å². The first-order valence-corrected chi connectivity index (χ1v) is 7.47. The minimum atomic E-state index is -0.479. The van der Waals surface area contributed by atoms with Crippen LogP contribution in [0.2, 0.25) is 0 Å². The summed E-state index contributed by atoms with van der Waals surface area (Å²) in [6.45, 7) is 1.43. The molecule has 114 valence electrons. The molecule has 0 aliphatic rings. The minimum Gasteiger partial charge on any atom is -0.484 e. The SMILES string of the molecule is Cc1c(NC(=O)COc2ccc(I)cc2)cccc1[N+](=O)[O-]. The standard InChI is InChI=1S/C15H13IN2O4/c1-10-13(3-2-4-14(10)18(20)21)17-15(19)9-22-12-7-5-11(16)6-8-12/h2-8H,9H2,1H3,(H,17,19). The molecule has 1 amide bonds. The third-order valence-corrected chi connectivity index (χ3v) is 3.68. The maximum Gasteiger partial charge on any atom is 0.274 e. The molecule has 0 saturated carbocycles. The second-order valence-corrected chi connectivity index (χ2v) is 5.74. The van der Waals surface area contributed by atoms with Crippen molar-refractivity contribution >= 4 is 39.9 Å². The molecule has 0 heterocycles. The van der Waals surface area contributed by atoms with E-state index in [-0.39, 0.29) is 18.2 Å². The summed E-state index contributed by atoms with van der Waals surface area (Å²) >= 11 is 2.18. The maximum absolute atomic E-state index is 11.9. The number of nitrogens with zero attached hydrogens (tertiary/aromatic N) is 1. The van der Waals surface area contributed by atoms with Crippen molar-refractivity contribution in [1.29, 1.82) is 0 Å². The van der Waals surface area contributed by atoms with E-state index in [0.717, 1.165) is 3.57 Å². The normalized spacial score (nSPS) is 10.1. The van der Waals surface area contributed by atoms with Gasteiger partial charge in [0.05, 0.1) is 16.2 Å². The number of nitro benzene ring substituents is 1. The zero-order valence-corrected chi connectivity index (χ0v) is 13.9. The van der Waals surface area contributed by atoms with Gasteiger partial charge in [0.2, 0.25) is 0 Å². The van der Waals surface area contributed by atoms with Crippen LogP contribution < -0.4 is 10.1 Å². The van der Waals surface area contributed by atoms with E-state index in [2.05, 4.69) is 27.9 Å². The quantitative estimate of drug-likeness (QED) is 0.463. The number of nitro groups is 1. The Morgan fingerprint density at radius 2 is 1.95 bits per heavy atom. The zero-order valence-electron chi connectivity index (χ0n) is 11.7. The molecule has 0 bridgehead atoms. The smallest absolute Gasteiger partial charge is 0.274 e. The van der Waals surface area contributed by atoms with Crippen LogP contribution >= 0.6 is 22.6 Å². The van der Waals surface area contributed by atoms with Crippen LogP contribution in [0.4, 0.5) is 11.4 Å². The molecular weight excluding hydrogens is 399 g/mol. The summed E-state index contributed by atoms with van der Waals surface area (Å²) < 4.78 is 6.43. The van der Waals surface area contributed by atoms with Gasteiger partial charge in [-0.1, -0.05) is 6.07 Å². The van der Waals surface area contributed by atoms with Crippen LogP contribution in [0.3, 0.4) is 0 Å². The van der Waals surface area contributed by atoms with E-state index in [1.165, 1.54) is 12.1 Å². The largest absolute Gasteiger partial charge is 0.484 e. The fourth-order valence-corrected chi connectivity index (χ4v) is 2.18. The Kier molecular flexibility index (Phi) is 5.31. The summed E-state index contributed by atoms with van der Waals surface area (Å²) in [6, 6.07) is 11.8. The number of halogens is 1.